The van der Waals surface area contributed by atoms with Gasteiger partial charge in [0.1, 0.15) is 30.8 Å². The van der Waals surface area contributed by atoms with Crippen molar-refractivity contribution in [3.8, 4) is 5.75 Å². The number of carbonyl (C=O) groups is 3. The average Bonchev–Trinajstić information content (AvgIpc) is 2.79. The van der Waals surface area contributed by atoms with E-state index in [4.69, 9.17) is 20.4 Å². The van der Waals surface area contributed by atoms with Gasteiger partial charge in [0, 0.05) is 19.4 Å². The van der Waals surface area contributed by atoms with Crippen LogP contribution >= 0.6 is 0 Å². The van der Waals surface area contributed by atoms with Crippen LogP contribution in [0.2, 0.25) is 0 Å². The molecule has 0 aliphatic rings. The quantitative estimate of drug-likeness (QED) is 0.0997. The number of aliphatic carboxylic acids is 1. The Morgan fingerprint density at radius 2 is 1.79 bits per heavy atom. The summed E-state index contributed by atoms with van der Waals surface area (Å²) in [7, 11) is 0. The van der Waals surface area contributed by atoms with Crippen LogP contribution in [0.15, 0.2) is 36.1 Å². The molecule has 1 aromatic carbocycles. The van der Waals surface area contributed by atoms with Gasteiger partial charge in [-0.05, 0) is 30.2 Å². The number of carbonyl (C=O) groups excluding carboxylic acids is 2. The molecular formula is C22H32N2O9. The van der Waals surface area contributed by atoms with Gasteiger partial charge in [0.15, 0.2) is 0 Å². The van der Waals surface area contributed by atoms with Gasteiger partial charge in [0.2, 0.25) is 11.8 Å². The number of carboxylic acids is 1. The molecule has 0 aromatic heterocycles. The molecule has 0 radical (unpaired) electrons. The second-order valence-electron chi connectivity index (χ2n) is 7.20. The van der Waals surface area contributed by atoms with Gasteiger partial charge >= 0.3 is 5.97 Å². The van der Waals surface area contributed by atoms with Crippen LogP contribution in [0.1, 0.15) is 44.6 Å². The molecule has 0 aliphatic carbocycles. The Labute approximate surface area is 192 Å². The standard InChI is InChI=1S/C22H32N2O9/c1-2-3-4-12-23-22(28)19(24-20(25)9-10-21(26)27)14-16-5-7-17(8-6-16)33-18(15-32-30)11-13-31-29/h5-8,11,19,29-30H,2-4,9-10,12-15H2,1H3,(H,23,28)(H,24,25)(H,26,27). The molecule has 1 atom stereocenters. The van der Waals surface area contributed by atoms with Crippen molar-refractivity contribution in [1.29, 1.82) is 0 Å². The van der Waals surface area contributed by atoms with Crippen LogP contribution in [0.3, 0.4) is 0 Å². The summed E-state index contributed by atoms with van der Waals surface area (Å²) in [6.45, 7) is 2.12. The van der Waals surface area contributed by atoms with Gasteiger partial charge in [-0.15, -0.1) is 0 Å². The minimum Gasteiger partial charge on any atom is -0.481 e. The Morgan fingerprint density at radius 1 is 1.06 bits per heavy atom. The zero-order chi connectivity index (χ0) is 24.5. The molecule has 33 heavy (non-hydrogen) atoms. The van der Waals surface area contributed by atoms with Crippen LogP contribution in [0.5, 0.6) is 5.75 Å². The summed E-state index contributed by atoms with van der Waals surface area (Å²) < 4.78 is 5.54. The molecule has 0 heterocycles. The molecule has 1 aromatic rings. The first kappa shape index (κ1) is 28.0. The van der Waals surface area contributed by atoms with E-state index in [-0.39, 0.29) is 44.1 Å². The van der Waals surface area contributed by atoms with E-state index in [1.54, 1.807) is 24.3 Å². The van der Waals surface area contributed by atoms with Crippen molar-refractivity contribution in [1.82, 2.24) is 10.6 Å². The smallest absolute Gasteiger partial charge is 0.303 e. The van der Waals surface area contributed by atoms with Gasteiger partial charge in [-0.3, -0.25) is 24.9 Å². The molecule has 5 N–H and O–H groups in total. The highest BCUT2D eigenvalue weighted by Crippen LogP contribution is 2.17. The zero-order valence-electron chi connectivity index (χ0n) is 18.6. The van der Waals surface area contributed by atoms with E-state index in [9.17, 15) is 14.4 Å². The second kappa shape index (κ2) is 16.6. The number of carboxylic acid groups (broad SMARTS) is 1. The van der Waals surface area contributed by atoms with Crippen molar-refractivity contribution in [2.75, 3.05) is 19.8 Å². The van der Waals surface area contributed by atoms with Crippen LogP contribution in [0.4, 0.5) is 0 Å². The summed E-state index contributed by atoms with van der Waals surface area (Å²) in [6.07, 6.45) is 3.82. The minimum absolute atomic E-state index is 0.159. The lowest BCUT2D eigenvalue weighted by atomic mass is 10.0. The lowest BCUT2D eigenvalue weighted by Gasteiger charge is -2.19. The highest BCUT2D eigenvalue weighted by molar-refractivity contribution is 5.88. The number of hydrogen-bond donors (Lipinski definition) is 5. The Bertz CT molecular complexity index is 766. The largest absolute Gasteiger partial charge is 0.481 e. The molecule has 11 nitrogen and oxygen atoms in total. The van der Waals surface area contributed by atoms with Gasteiger partial charge < -0.3 is 20.5 Å². The van der Waals surface area contributed by atoms with Crippen LogP contribution in [-0.2, 0) is 30.6 Å². The van der Waals surface area contributed by atoms with E-state index in [0.29, 0.717) is 12.3 Å². The van der Waals surface area contributed by atoms with Gasteiger partial charge in [0.05, 0.1) is 6.42 Å². The average molecular weight is 469 g/mol. The predicted molar refractivity (Wildman–Crippen MR) is 117 cm³/mol. The van der Waals surface area contributed by atoms with E-state index in [1.807, 2.05) is 0 Å². The minimum atomic E-state index is -1.09. The maximum atomic E-state index is 12.6. The summed E-state index contributed by atoms with van der Waals surface area (Å²) in [4.78, 5) is 43.4. The zero-order valence-corrected chi connectivity index (χ0v) is 18.6. The summed E-state index contributed by atoms with van der Waals surface area (Å²) in [6, 6.07) is 5.80. The van der Waals surface area contributed by atoms with Gasteiger partial charge in [-0.25, -0.2) is 9.78 Å². The Hall–Kier alpha value is -2.99. The first-order valence-corrected chi connectivity index (χ1v) is 10.7. The van der Waals surface area contributed by atoms with Crippen molar-refractivity contribution in [3.63, 3.8) is 0 Å². The fraction of sp³-hybridized carbons (Fsp3) is 0.500. The number of unbranched alkanes of at least 4 members (excludes halogenated alkanes) is 2. The van der Waals surface area contributed by atoms with Crippen LogP contribution in [0.25, 0.3) is 0 Å². The number of benzene rings is 1. The molecule has 0 bridgehead atoms. The summed E-state index contributed by atoms with van der Waals surface area (Å²) in [5.41, 5.74) is 0.734. The number of hydrogen-bond acceptors (Lipinski definition) is 8. The van der Waals surface area contributed by atoms with E-state index in [1.165, 1.54) is 6.08 Å². The molecule has 2 amide bonds. The van der Waals surface area contributed by atoms with Crippen molar-refractivity contribution in [2.24, 2.45) is 0 Å². The molecule has 0 aliphatic heterocycles. The topological polar surface area (TPSA) is 164 Å². The van der Waals surface area contributed by atoms with Crippen LogP contribution in [0, 0.1) is 0 Å². The van der Waals surface area contributed by atoms with Crippen LogP contribution < -0.4 is 15.4 Å². The fourth-order valence-corrected chi connectivity index (χ4v) is 2.81. The number of nitrogens with one attached hydrogen (secondary N) is 2. The molecule has 0 saturated carbocycles. The summed E-state index contributed by atoms with van der Waals surface area (Å²) in [5.74, 6) is -1.34. The van der Waals surface area contributed by atoms with Crippen molar-refractivity contribution in [3.05, 3.63) is 41.7 Å². The molecule has 1 rings (SSSR count). The van der Waals surface area contributed by atoms with Gasteiger partial charge in [-0.1, -0.05) is 31.9 Å². The maximum Gasteiger partial charge on any atom is 0.303 e. The van der Waals surface area contributed by atoms with Crippen molar-refractivity contribution >= 4 is 17.8 Å². The molecule has 11 heteroatoms. The van der Waals surface area contributed by atoms with Gasteiger partial charge in [0.25, 0.3) is 0 Å². The highest BCUT2D eigenvalue weighted by atomic mass is 17.1. The third-order valence-electron chi connectivity index (χ3n) is 4.50. The first-order valence-electron chi connectivity index (χ1n) is 10.7. The van der Waals surface area contributed by atoms with Crippen molar-refractivity contribution in [2.45, 2.75) is 51.5 Å². The van der Waals surface area contributed by atoms with Gasteiger partial charge in [-0.2, -0.15) is 0 Å². The first-order chi connectivity index (χ1) is 15.9. The van der Waals surface area contributed by atoms with E-state index >= 15 is 0 Å². The lowest BCUT2D eigenvalue weighted by molar-refractivity contribution is -0.240. The molecule has 0 saturated heterocycles. The normalized spacial score (nSPS) is 12.2. The Balaban J connectivity index is 2.82. The summed E-state index contributed by atoms with van der Waals surface area (Å²) in [5, 5.41) is 31.2. The van der Waals surface area contributed by atoms with E-state index in [0.717, 1.165) is 24.8 Å². The van der Waals surface area contributed by atoms with E-state index < -0.39 is 17.9 Å². The third kappa shape index (κ3) is 12.6. The van der Waals surface area contributed by atoms with Crippen molar-refractivity contribution < 1.29 is 44.5 Å². The molecule has 184 valence electrons. The van der Waals surface area contributed by atoms with Crippen LogP contribution in [-0.4, -0.2) is 59.2 Å². The Kier molecular flexibility index (Phi) is 14.1. The molecule has 0 fully saturated rings. The summed E-state index contributed by atoms with van der Waals surface area (Å²) >= 11 is 0. The number of rotatable bonds is 17. The third-order valence-corrected chi connectivity index (χ3v) is 4.50. The lowest BCUT2D eigenvalue weighted by Crippen LogP contribution is -2.48. The van der Waals surface area contributed by atoms with E-state index in [2.05, 4.69) is 27.3 Å². The Morgan fingerprint density at radius 3 is 2.39 bits per heavy atom. The maximum absolute atomic E-state index is 12.6. The fourth-order valence-electron chi connectivity index (χ4n) is 2.81. The molecule has 1 unspecified atom stereocenters. The highest BCUT2D eigenvalue weighted by Gasteiger charge is 2.21. The number of amides is 2. The molecule has 0 spiro atoms. The molecular weight excluding hydrogens is 436 g/mol. The SMILES string of the molecule is CCCCCNC(=O)C(Cc1ccc(OC(=CCOO)COO)cc1)NC(=O)CCC(=O)O. The monoisotopic (exact) mass is 468 g/mol. The number of ether oxygens (including phenoxy) is 1. The predicted octanol–water partition coefficient (Wildman–Crippen LogP) is 2.13. The second-order valence-corrected chi connectivity index (χ2v) is 7.20.